The molecule has 1 atom stereocenters. The van der Waals surface area contributed by atoms with Gasteiger partial charge in [0.2, 0.25) is 0 Å². The molecule has 1 aliphatic heterocycles. The number of thiophene rings is 2. The standard InChI is InChI=1S/C27H26BrN3O4S3/c1-3-35-27(33)24-17(2)19-16-18(8-9-23(19)37-24)38(34)29-21-6-4-5-7-22(21)30-11-13-31(14-12-30)26(32)25-20(28)10-15-36-25/h4-10,15-16,29H,3,11-14H2,1-2H3. The minimum atomic E-state index is -1.51. The van der Waals surface area contributed by atoms with Gasteiger partial charge < -0.3 is 14.5 Å². The smallest absolute Gasteiger partial charge is 0.348 e. The van der Waals surface area contributed by atoms with Gasteiger partial charge in [-0.2, -0.15) is 0 Å². The Balaban J connectivity index is 1.30. The fourth-order valence-corrected chi connectivity index (χ4v) is 7.94. The number of amides is 1. The first-order chi connectivity index (χ1) is 18.4. The number of halogens is 1. The third kappa shape index (κ3) is 5.38. The van der Waals surface area contributed by atoms with Crippen LogP contribution in [0.1, 0.15) is 31.8 Å². The van der Waals surface area contributed by atoms with Gasteiger partial charge >= 0.3 is 5.97 Å². The number of esters is 1. The number of rotatable bonds is 7. The summed E-state index contributed by atoms with van der Waals surface area (Å²) in [5, 5.41) is 2.81. The number of carbonyl (C=O) groups is 2. The van der Waals surface area contributed by atoms with Gasteiger partial charge in [0.15, 0.2) is 0 Å². The van der Waals surface area contributed by atoms with Gasteiger partial charge in [0, 0.05) is 35.4 Å². The van der Waals surface area contributed by atoms with Gasteiger partial charge in [-0.05, 0) is 82.5 Å². The molecular formula is C27H26BrN3O4S3. The molecule has 0 aliphatic carbocycles. The van der Waals surface area contributed by atoms with Crippen LogP contribution in [-0.2, 0) is 15.7 Å². The summed E-state index contributed by atoms with van der Waals surface area (Å²) in [7, 11) is -1.51. The molecule has 38 heavy (non-hydrogen) atoms. The molecule has 1 aliphatic rings. The second-order valence-corrected chi connectivity index (χ2v) is 12.7. The predicted molar refractivity (Wildman–Crippen MR) is 159 cm³/mol. The Labute approximate surface area is 240 Å². The highest BCUT2D eigenvalue weighted by atomic mass is 79.9. The number of piperazine rings is 1. The van der Waals surface area contributed by atoms with E-state index >= 15 is 0 Å². The largest absolute Gasteiger partial charge is 0.462 e. The minimum absolute atomic E-state index is 0.0456. The summed E-state index contributed by atoms with van der Waals surface area (Å²) in [5.41, 5.74) is 2.55. The monoisotopic (exact) mass is 631 g/mol. The van der Waals surface area contributed by atoms with Gasteiger partial charge in [-0.1, -0.05) is 12.1 Å². The number of carbonyl (C=O) groups excluding carboxylic acids is 2. The molecule has 3 heterocycles. The Kier molecular flexibility index (Phi) is 8.18. The lowest BCUT2D eigenvalue weighted by atomic mass is 10.1. The molecule has 1 amide bonds. The number of nitrogens with zero attached hydrogens (tertiary/aromatic N) is 2. The average molecular weight is 633 g/mol. The molecule has 5 rings (SSSR count). The second kappa shape index (κ2) is 11.6. The van der Waals surface area contributed by atoms with E-state index < -0.39 is 11.0 Å². The first-order valence-electron chi connectivity index (χ1n) is 12.1. The van der Waals surface area contributed by atoms with Crippen LogP contribution in [0.5, 0.6) is 0 Å². The lowest BCUT2D eigenvalue weighted by Gasteiger charge is -2.36. The number of para-hydroxylation sites is 2. The van der Waals surface area contributed by atoms with Crippen molar-refractivity contribution in [2.75, 3.05) is 42.4 Å². The lowest BCUT2D eigenvalue weighted by molar-refractivity contribution is 0.0531. The van der Waals surface area contributed by atoms with Crippen molar-refractivity contribution < 1.29 is 18.5 Å². The van der Waals surface area contributed by atoms with Gasteiger partial charge in [0.05, 0.1) is 22.9 Å². The molecular weight excluding hydrogens is 606 g/mol. The van der Waals surface area contributed by atoms with Crippen molar-refractivity contribution >= 4 is 82.9 Å². The molecule has 0 spiro atoms. The van der Waals surface area contributed by atoms with Crippen molar-refractivity contribution in [2.24, 2.45) is 0 Å². The van der Waals surface area contributed by atoms with Crippen molar-refractivity contribution in [1.29, 1.82) is 0 Å². The van der Waals surface area contributed by atoms with Crippen LogP contribution in [0, 0.1) is 6.92 Å². The van der Waals surface area contributed by atoms with Crippen molar-refractivity contribution in [3.8, 4) is 0 Å². The van der Waals surface area contributed by atoms with Gasteiger partial charge in [-0.25, -0.2) is 9.00 Å². The van der Waals surface area contributed by atoms with Gasteiger partial charge in [0.25, 0.3) is 5.91 Å². The summed E-state index contributed by atoms with van der Waals surface area (Å²) < 4.78 is 23.5. The Bertz CT molecular complexity index is 1530. The number of ether oxygens (including phenoxy) is 1. The third-order valence-corrected chi connectivity index (χ3v) is 10.6. The minimum Gasteiger partial charge on any atom is -0.462 e. The summed E-state index contributed by atoms with van der Waals surface area (Å²) in [5.74, 6) is -0.282. The summed E-state index contributed by atoms with van der Waals surface area (Å²) >= 11 is 6.29. The van der Waals surface area contributed by atoms with Crippen LogP contribution in [0.15, 0.2) is 63.3 Å². The number of hydrogen-bond donors (Lipinski definition) is 1. The summed E-state index contributed by atoms with van der Waals surface area (Å²) in [4.78, 5) is 31.2. The van der Waals surface area contributed by atoms with E-state index in [0.29, 0.717) is 42.6 Å². The molecule has 2 aromatic heterocycles. The number of fused-ring (bicyclic) bond motifs is 1. The first kappa shape index (κ1) is 26.9. The van der Waals surface area contributed by atoms with Crippen LogP contribution in [-0.4, -0.2) is 53.8 Å². The molecule has 2 aromatic carbocycles. The summed E-state index contributed by atoms with van der Waals surface area (Å²) in [6.07, 6.45) is 0. The molecule has 1 unspecified atom stereocenters. The number of benzene rings is 2. The molecule has 1 saturated heterocycles. The van der Waals surface area contributed by atoms with E-state index in [-0.39, 0.29) is 11.9 Å². The maximum Gasteiger partial charge on any atom is 0.348 e. The van der Waals surface area contributed by atoms with Gasteiger partial charge in [-0.3, -0.25) is 9.52 Å². The van der Waals surface area contributed by atoms with E-state index in [1.54, 1.807) is 6.92 Å². The fraction of sp³-hybridized carbons (Fsp3) is 0.259. The van der Waals surface area contributed by atoms with E-state index in [1.807, 2.05) is 65.7 Å². The van der Waals surface area contributed by atoms with Crippen molar-refractivity contribution in [1.82, 2.24) is 4.90 Å². The zero-order chi connectivity index (χ0) is 26.8. The van der Waals surface area contributed by atoms with E-state index in [0.717, 1.165) is 36.4 Å². The molecule has 0 bridgehead atoms. The van der Waals surface area contributed by atoms with Crippen LogP contribution in [0.25, 0.3) is 10.1 Å². The summed E-state index contributed by atoms with van der Waals surface area (Å²) in [6, 6.07) is 15.3. The Morgan fingerprint density at radius 3 is 2.55 bits per heavy atom. The van der Waals surface area contributed by atoms with Crippen molar-refractivity contribution in [3.05, 3.63) is 73.7 Å². The Hall–Kier alpha value is -2.73. The average Bonchev–Trinajstić information content (AvgIpc) is 3.51. The summed E-state index contributed by atoms with van der Waals surface area (Å²) in [6.45, 7) is 6.57. The number of nitrogens with one attached hydrogen (secondary N) is 1. The molecule has 4 aromatic rings. The SMILES string of the molecule is CCOC(=O)c1sc2ccc(S(=O)Nc3ccccc3N3CCN(C(=O)c4sccc4Br)CC3)cc2c1C. The molecule has 11 heteroatoms. The molecule has 198 valence electrons. The van der Waals surface area contributed by atoms with E-state index in [9.17, 15) is 13.8 Å². The molecule has 0 radical (unpaired) electrons. The predicted octanol–water partition coefficient (Wildman–Crippen LogP) is 6.31. The van der Waals surface area contributed by atoms with Gasteiger partial charge in [0.1, 0.15) is 20.7 Å². The highest BCUT2D eigenvalue weighted by Crippen LogP contribution is 2.34. The zero-order valence-corrected chi connectivity index (χ0v) is 24.9. The number of hydrogen-bond acceptors (Lipinski definition) is 7. The normalized spacial score (nSPS) is 14.5. The van der Waals surface area contributed by atoms with Crippen molar-refractivity contribution in [3.63, 3.8) is 0 Å². The quantitative estimate of drug-likeness (QED) is 0.242. The number of anilines is 2. The Morgan fingerprint density at radius 2 is 1.84 bits per heavy atom. The molecule has 0 saturated carbocycles. The fourth-order valence-electron chi connectivity index (χ4n) is 4.44. The van der Waals surface area contributed by atoms with Crippen LogP contribution in [0.2, 0.25) is 0 Å². The lowest BCUT2D eigenvalue weighted by Crippen LogP contribution is -2.48. The maximum absolute atomic E-state index is 13.4. The van der Waals surface area contributed by atoms with E-state index in [4.69, 9.17) is 4.74 Å². The van der Waals surface area contributed by atoms with Crippen LogP contribution in [0.3, 0.4) is 0 Å². The van der Waals surface area contributed by atoms with Crippen LogP contribution < -0.4 is 9.62 Å². The molecule has 1 N–H and O–H groups in total. The highest BCUT2D eigenvalue weighted by molar-refractivity contribution is 9.10. The van der Waals surface area contributed by atoms with Crippen molar-refractivity contribution in [2.45, 2.75) is 18.7 Å². The maximum atomic E-state index is 13.4. The molecule has 1 fully saturated rings. The third-order valence-electron chi connectivity index (χ3n) is 6.41. The Morgan fingerprint density at radius 1 is 1.08 bits per heavy atom. The van der Waals surface area contributed by atoms with Gasteiger partial charge in [-0.15, -0.1) is 22.7 Å². The zero-order valence-electron chi connectivity index (χ0n) is 20.9. The first-order valence-corrected chi connectivity index (χ1v) is 15.8. The van der Waals surface area contributed by atoms with Crippen LogP contribution in [0.4, 0.5) is 11.4 Å². The second-order valence-electron chi connectivity index (χ2n) is 8.70. The van der Waals surface area contributed by atoms with E-state index in [2.05, 4.69) is 25.6 Å². The highest BCUT2D eigenvalue weighted by Gasteiger charge is 2.26. The molecule has 7 nitrogen and oxygen atoms in total. The number of aryl methyl sites for hydroxylation is 1. The van der Waals surface area contributed by atoms with E-state index in [1.165, 1.54) is 22.7 Å². The topological polar surface area (TPSA) is 79.0 Å². The van der Waals surface area contributed by atoms with Crippen LogP contribution >= 0.6 is 38.6 Å².